The molecule has 0 spiro atoms. The molecule has 10 heteroatoms. The van der Waals surface area contributed by atoms with Crippen LogP contribution in [0, 0.1) is 5.92 Å². The van der Waals surface area contributed by atoms with Crippen molar-refractivity contribution in [2.75, 3.05) is 33.1 Å². The van der Waals surface area contributed by atoms with E-state index < -0.39 is 34.4 Å². The second kappa shape index (κ2) is 10.6. The molecule has 0 unspecified atom stereocenters. The lowest BCUT2D eigenvalue weighted by molar-refractivity contribution is -0.157. The summed E-state index contributed by atoms with van der Waals surface area (Å²) in [5.41, 5.74) is 2.60. The zero-order valence-corrected chi connectivity index (χ0v) is 20.6. The molecule has 186 valence electrons. The number of carbonyl (C=O) groups excluding carboxylic acids is 2. The molecule has 1 amide bonds. The van der Waals surface area contributed by atoms with Crippen LogP contribution in [-0.2, 0) is 24.3 Å². The monoisotopic (exact) mass is 499 g/mol. The zero-order valence-electron chi connectivity index (χ0n) is 19.8. The Morgan fingerprint density at radius 2 is 1.69 bits per heavy atom. The number of ether oxygens (including phenoxy) is 2. The summed E-state index contributed by atoms with van der Waals surface area (Å²) in [5, 5.41) is 5.98. The van der Waals surface area contributed by atoms with Gasteiger partial charge in [0.25, 0.3) is 5.91 Å². The van der Waals surface area contributed by atoms with Crippen LogP contribution in [0.3, 0.4) is 0 Å². The van der Waals surface area contributed by atoms with Gasteiger partial charge < -0.3 is 9.47 Å². The van der Waals surface area contributed by atoms with E-state index in [1.165, 1.54) is 9.31 Å². The van der Waals surface area contributed by atoms with Crippen molar-refractivity contribution in [3.8, 4) is 5.75 Å². The van der Waals surface area contributed by atoms with Crippen molar-refractivity contribution < 1.29 is 27.5 Å². The number of methoxy groups -OCH3 is 1. The van der Waals surface area contributed by atoms with Gasteiger partial charge >= 0.3 is 5.97 Å². The van der Waals surface area contributed by atoms with E-state index in [2.05, 4.69) is 5.10 Å². The second-order valence-electron chi connectivity index (χ2n) is 8.69. The van der Waals surface area contributed by atoms with E-state index in [9.17, 15) is 18.0 Å². The number of benzene rings is 2. The van der Waals surface area contributed by atoms with Crippen molar-refractivity contribution in [1.29, 1.82) is 0 Å². The number of piperidine rings is 1. The van der Waals surface area contributed by atoms with Crippen LogP contribution >= 0.6 is 0 Å². The number of sulfonamides is 1. The average Bonchev–Trinajstić information content (AvgIpc) is 3.33. The maximum atomic E-state index is 13.1. The van der Waals surface area contributed by atoms with Crippen LogP contribution in [0.2, 0.25) is 0 Å². The number of hydrazone groups is 1. The van der Waals surface area contributed by atoms with Crippen LogP contribution in [0.1, 0.15) is 36.4 Å². The Balaban J connectivity index is 1.44. The molecule has 1 saturated heterocycles. The molecule has 2 aliphatic heterocycles. The Bertz CT molecular complexity index is 1190. The van der Waals surface area contributed by atoms with E-state index >= 15 is 0 Å². The van der Waals surface area contributed by atoms with Gasteiger partial charge in [-0.1, -0.05) is 42.5 Å². The first-order chi connectivity index (χ1) is 16.8. The highest BCUT2D eigenvalue weighted by Crippen LogP contribution is 2.33. The van der Waals surface area contributed by atoms with E-state index in [0.29, 0.717) is 25.0 Å². The Labute approximate surface area is 205 Å². The maximum absolute atomic E-state index is 13.1. The molecule has 0 aliphatic carbocycles. The van der Waals surface area contributed by atoms with Gasteiger partial charge in [-0.2, -0.15) is 5.10 Å². The molecule has 35 heavy (non-hydrogen) atoms. The predicted octanol–water partition coefficient (Wildman–Crippen LogP) is 2.59. The molecule has 1 atom stereocenters. The maximum Gasteiger partial charge on any atom is 0.309 e. The number of hydrogen-bond donors (Lipinski definition) is 0. The van der Waals surface area contributed by atoms with Crippen LogP contribution in [0.5, 0.6) is 5.75 Å². The summed E-state index contributed by atoms with van der Waals surface area (Å²) < 4.78 is 35.3. The fraction of sp³-hybridized carbons (Fsp3) is 0.400. The number of rotatable bonds is 7. The Morgan fingerprint density at radius 1 is 1.03 bits per heavy atom. The lowest BCUT2D eigenvalue weighted by Crippen LogP contribution is -2.40. The normalized spacial score (nSPS) is 19.3. The van der Waals surface area contributed by atoms with E-state index in [1.807, 2.05) is 54.6 Å². The van der Waals surface area contributed by atoms with E-state index in [1.54, 1.807) is 7.11 Å². The lowest BCUT2D eigenvalue weighted by Gasteiger charge is -2.29. The summed E-state index contributed by atoms with van der Waals surface area (Å²) in [6.45, 7) is 0.106. The first kappa shape index (κ1) is 24.9. The molecule has 0 N–H and O–H groups in total. The number of hydrogen-bond acceptors (Lipinski definition) is 7. The highest BCUT2D eigenvalue weighted by Gasteiger charge is 2.35. The molecule has 0 aromatic heterocycles. The summed E-state index contributed by atoms with van der Waals surface area (Å²) in [5.74, 6) is -0.623. The van der Waals surface area contributed by atoms with Crippen LogP contribution in [0.15, 0.2) is 59.7 Å². The van der Waals surface area contributed by atoms with E-state index in [4.69, 9.17) is 9.47 Å². The van der Waals surface area contributed by atoms with Crippen molar-refractivity contribution in [2.45, 2.75) is 25.3 Å². The van der Waals surface area contributed by atoms with Gasteiger partial charge in [-0.25, -0.2) is 17.7 Å². The highest BCUT2D eigenvalue weighted by molar-refractivity contribution is 7.88. The minimum atomic E-state index is -3.28. The van der Waals surface area contributed by atoms with Crippen LogP contribution < -0.4 is 4.74 Å². The summed E-state index contributed by atoms with van der Waals surface area (Å²) in [6, 6.07) is 16.8. The highest BCUT2D eigenvalue weighted by atomic mass is 32.2. The Hall–Kier alpha value is -3.24. The van der Waals surface area contributed by atoms with Crippen molar-refractivity contribution in [2.24, 2.45) is 11.0 Å². The third-order valence-corrected chi connectivity index (χ3v) is 7.67. The molecule has 2 heterocycles. The Morgan fingerprint density at radius 3 is 2.29 bits per heavy atom. The second-order valence-corrected chi connectivity index (χ2v) is 10.7. The first-order valence-corrected chi connectivity index (χ1v) is 13.3. The van der Waals surface area contributed by atoms with Gasteiger partial charge in [0.1, 0.15) is 5.75 Å². The number of esters is 1. The van der Waals surface area contributed by atoms with Crippen molar-refractivity contribution >= 4 is 27.6 Å². The minimum Gasteiger partial charge on any atom is -0.497 e. The van der Waals surface area contributed by atoms with Gasteiger partial charge in [-0.05, 0) is 36.1 Å². The quantitative estimate of drug-likeness (QED) is 0.542. The van der Waals surface area contributed by atoms with Gasteiger partial charge in [0.05, 0.1) is 31.0 Å². The van der Waals surface area contributed by atoms with Gasteiger partial charge in [-0.3, -0.25) is 9.59 Å². The average molecular weight is 500 g/mol. The molecule has 9 nitrogen and oxygen atoms in total. The fourth-order valence-electron chi connectivity index (χ4n) is 4.37. The summed E-state index contributed by atoms with van der Waals surface area (Å²) >= 11 is 0. The first-order valence-electron chi connectivity index (χ1n) is 11.5. The predicted molar refractivity (Wildman–Crippen MR) is 130 cm³/mol. The Kier molecular flexibility index (Phi) is 7.51. The molecule has 4 rings (SSSR count). The molecule has 1 fully saturated rings. The summed E-state index contributed by atoms with van der Waals surface area (Å²) in [4.78, 5) is 25.7. The number of nitrogens with zero attached hydrogens (tertiary/aromatic N) is 3. The van der Waals surface area contributed by atoms with Crippen LogP contribution in [0.25, 0.3) is 0 Å². The molecule has 2 aromatic carbocycles. The standard InChI is InChI=1S/C25H29N3O6S/c1-33-21-10-8-19(9-11-21)23-16-22(18-6-4-3-5-7-18)26-28(23)24(29)17-34-25(30)20-12-14-27(15-13-20)35(2,31)32/h3-11,20,23H,12-17H2,1-2H3/t23-/m0/s1. The molecular weight excluding hydrogens is 470 g/mol. The van der Waals surface area contributed by atoms with Crippen molar-refractivity contribution in [3.63, 3.8) is 0 Å². The lowest BCUT2D eigenvalue weighted by atomic mass is 9.98. The van der Waals surface area contributed by atoms with E-state index in [0.717, 1.165) is 23.1 Å². The molecule has 0 saturated carbocycles. The molecule has 0 bridgehead atoms. The van der Waals surface area contributed by atoms with Gasteiger partial charge in [0, 0.05) is 19.5 Å². The van der Waals surface area contributed by atoms with Crippen LogP contribution in [-0.4, -0.2) is 68.4 Å². The van der Waals surface area contributed by atoms with Crippen LogP contribution in [0.4, 0.5) is 0 Å². The third-order valence-electron chi connectivity index (χ3n) is 6.37. The number of amides is 1. The molecule has 2 aromatic rings. The summed E-state index contributed by atoms with van der Waals surface area (Å²) in [6.07, 6.45) is 2.42. The minimum absolute atomic E-state index is 0.267. The van der Waals surface area contributed by atoms with Crippen molar-refractivity contribution in [1.82, 2.24) is 9.31 Å². The topological polar surface area (TPSA) is 106 Å². The molecule has 0 radical (unpaired) electrons. The smallest absolute Gasteiger partial charge is 0.309 e. The SMILES string of the molecule is COc1ccc([C@@H]2CC(c3ccccc3)=NN2C(=O)COC(=O)C2CCN(S(C)(=O)=O)CC2)cc1. The summed E-state index contributed by atoms with van der Waals surface area (Å²) in [7, 11) is -1.69. The zero-order chi connectivity index (χ0) is 25.0. The number of carbonyl (C=O) groups is 2. The molecule has 2 aliphatic rings. The van der Waals surface area contributed by atoms with Gasteiger partial charge in [-0.15, -0.1) is 0 Å². The van der Waals surface area contributed by atoms with E-state index in [-0.39, 0.29) is 19.1 Å². The van der Waals surface area contributed by atoms with Gasteiger partial charge in [0.15, 0.2) is 6.61 Å². The third kappa shape index (κ3) is 5.88. The molecular formula is C25H29N3O6S. The fourth-order valence-corrected chi connectivity index (χ4v) is 5.25. The van der Waals surface area contributed by atoms with Crippen molar-refractivity contribution in [3.05, 3.63) is 65.7 Å². The largest absolute Gasteiger partial charge is 0.497 e. The van der Waals surface area contributed by atoms with Gasteiger partial charge in [0.2, 0.25) is 10.0 Å².